The van der Waals surface area contributed by atoms with Crippen molar-refractivity contribution in [1.82, 2.24) is 5.43 Å². The molecule has 0 aliphatic carbocycles. The van der Waals surface area contributed by atoms with Crippen molar-refractivity contribution in [1.29, 1.82) is 0 Å². The lowest BCUT2D eigenvalue weighted by Gasteiger charge is -2.20. The zero-order valence-corrected chi connectivity index (χ0v) is 13.6. The number of nitrogens with one attached hydrogen (secondary N) is 2. The molecule has 2 N–H and O–H groups in total. The molecule has 0 bridgehead atoms. The van der Waals surface area contributed by atoms with Gasteiger partial charge in [0.1, 0.15) is 0 Å². The van der Waals surface area contributed by atoms with E-state index in [1.54, 1.807) is 6.21 Å². The lowest BCUT2D eigenvalue weighted by Crippen LogP contribution is -3.13. The number of carbonyl (C=O) groups excluding carboxylic acids is 1. The van der Waals surface area contributed by atoms with Crippen LogP contribution in [0.25, 0.3) is 0 Å². The molecule has 1 aromatic rings. The van der Waals surface area contributed by atoms with Crippen LogP contribution in [0.2, 0.25) is 0 Å². The summed E-state index contributed by atoms with van der Waals surface area (Å²) >= 11 is 0. The summed E-state index contributed by atoms with van der Waals surface area (Å²) in [4.78, 5) is 13.3. The number of carbonyl (C=O) groups is 1. The molecule has 22 heavy (non-hydrogen) atoms. The summed E-state index contributed by atoms with van der Waals surface area (Å²) in [5, 5.41) is 4.07. The van der Waals surface area contributed by atoms with Gasteiger partial charge in [-0.15, -0.1) is 0 Å². The van der Waals surface area contributed by atoms with Crippen LogP contribution in [0.5, 0.6) is 0 Å². The first-order chi connectivity index (χ1) is 10.8. The molecule has 1 amide bonds. The van der Waals surface area contributed by atoms with Crippen molar-refractivity contribution in [3.63, 3.8) is 0 Å². The van der Waals surface area contributed by atoms with Crippen LogP contribution in [0.3, 0.4) is 0 Å². The first-order valence-electron chi connectivity index (χ1n) is 8.52. The van der Waals surface area contributed by atoms with E-state index in [1.165, 1.54) is 42.6 Å². The third kappa shape index (κ3) is 5.98. The maximum absolute atomic E-state index is 12.0. The highest BCUT2D eigenvalue weighted by Crippen LogP contribution is 2.03. The molecule has 1 fully saturated rings. The predicted molar refractivity (Wildman–Crippen MR) is 90.2 cm³/mol. The number of quaternary nitrogens is 1. The Morgan fingerprint density at radius 1 is 1.14 bits per heavy atom. The van der Waals surface area contributed by atoms with Gasteiger partial charge in [0.25, 0.3) is 5.91 Å². The maximum Gasteiger partial charge on any atom is 0.295 e. The molecule has 0 saturated carbocycles. The van der Waals surface area contributed by atoms with E-state index in [9.17, 15) is 4.79 Å². The molecule has 0 atom stereocenters. The third-order valence-electron chi connectivity index (χ3n) is 4.26. The van der Waals surface area contributed by atoms with Gasteiger partial charge in [-0.3, -0.25) is 4.79 Å². The van der Waals surface area contributed by atoms with Gasteiger partial charge in [0.15, 0.2) is 6.54 Å². The van der Waals surface area contributed by atoms with Gasteiger partial charge < -0.3 is 4.90 Å². The average molecular weight is 302 g/mol. The molecule has 1 aliphatic rings. The molecule has 0 unspecified atom stereocenters. The van der Waals surface area contributed by atoms with Crippen molar-refractivity contribution in [3.8, 4) is 0 Å². The predicted octanol–water partition coefficient (Wildman–Crippen LogP) is 1.55. The Kier molecular flexibility index (Phi) is 7.10. The fraction of sp³-hybridized carbons (Fsp3) is 0.556. The highest BCUT2D eigenvalue weighted by Gasteiger charge is 2.14. The van der Waals surface area contributed by atoms with Gasteiger partial charge in [-0.25, -0.2) is 5.43 Å². The van der Waals surface area contributed by atoms with Crippen molar-refractivity contribution in [2.45, 2.75) is 45.4 Å². The molecule has 1 aliphatic heterocycles. The molecule has 1 saturated heterocycles. The highest BCUT2D eigenvalue weighted by atomic mass is 16.2. The summed E-state index contributed by atoms with van der Waals surface area (Å²) in [7, 11) is 0. The Morgan fingerprint density at radius 2 is 1.77 bits per heavy atom. The Balaban J connectivity index is 1.74. The first kappa shape index (κ1) is 16.7. The van der Waals surface area contributed by atoms with Gasteiger partial charge in [0.05, 0.1) is 19.3 Å². The standard InChI is InChI=1S/C18H27N3O/c1-2-16-8-10-17(11-9-16)14-19-20-18(22)15-21-12-6-4-3-5-7-13-21/h8-11,14H,2-7,12-13,15H2,1H3,(H,20,22)/p+1/b19-14-. The lowest BCUT2D eigenvalue weighted by atomic mass is 10.1. The largest absolute Gasteiger partial charge is 0.327 e. The van der Waals surface area contributed by atoms with Crippen LogP contribution in [0.1, 0.15) is 50.2 Å². The second kappa shape index (κ2) is 9.36. The number of rotatable bonds is 5. The van der Waals surface area contributed by atoms with Crippen molar-refractivity contribution in [2.75, 3.05) is 19.6 Å². The molecule has 1 aromatic carbocycles. The number of aryl methyl sites for hydroxylation is 1. The Labute approximate surface area is 133 Å². The van der Waals surface area contributed by atoms with Gasteiger partial charge in [-0.05, 0) is 43.2 Å². The Hall–Kier alpha value is -1.68. The third-order valence-corrected chi connectivity index (χ3v) is 4.26. The van der Waals surface area contributed by atoms with Gasteiger partial charge in [0.2, 0.25) is 0 Å². The van der Waals surface area contributed by atoms with E-state index in [0.29, 0.717) is 6.54 Å². The normalized spacial score (nSPS) is 17.1. The zero-order chi connectivity index (χ0) is 15.6. The lowest BCUT2D eigenvalue weighted by molar-refractivity contribution is -0.893. The molecule has 1 heterocycles. The number of likely N-dealkylation sites (tertiary alicyclic amines) is 1. The fourth-order valence-electron chi connectivity index (χ4n) is 2.87. The van der Waals surface area contributed by atoms with Crippen LogP contribution in [0.15, 0.2) is 29.4 Å². The van der Waals surface area contributed by atoms with E-state index in [2.05, 4.69) is 29.6 Å². The van der Waals surface area contributed by atoms with E-state index >= 15 is 0 Å². The monoisotopic (exact) mass is 302 g/mol. The summed E-state index contributed by atoms with van der Waals surface area (Å²) < 4.78 is 0. The van der Waals surface area contributed by atoms with E-state index in [-0.39, 0.29) is 5.91 Å². The van der Waals surface area contributed by atoms with Crippen LogP contribution in [0.4, 0.5) is 0 Å². The van der Waals surface area contributed by atoms with Crippen molar-refractivity contribution < 1.29 is 9.69 Å². The van der Waals surface area contributed by atoms with Crippen LogP contribution in [-0.4, -0.2) is 31.8 Å². The highest BCUT2D eigenvalue weighted by molar-refractivity contribution is 5.82. The summed E-state index contributed by atoms with van der Waals surface area (Å²) in [5.74, 6) is 0.0111. The summed E-state index contributed by atoms with van der Waals surface area (Å²) in [6.45, 7) is 4.88. The second-order valence-corrected chi connectivity index (χ2v) is 6.08. The van der Waals surface area contributed by atoms with Gasteiger partial charge in [-0.1, -0.05) is 37.6 Å². The zero-order valence-electron chi connectivity index (χ0n) is 13.6. The molecule has 120 valence electrons. The summed E-state index contributed by atoms with van der Waals surface area (Å²) in [6, 6.07) is 8.23. The molecule has 4 heteroatoms. The minimum absolute atomic E-state index is 0.0111. The minimum atomic E-state index is 0.0111. The van der Waals surface area contributed by atoms with Crippen LogP contribution in [0, 0.1) is 0 Å². The Bertz CT molecular complexity index is 474. The number of amides is 1. The van der Waals surface area contributed by atoms with E-state index in [1.807, 2.05) is 12.1 Å². The van der Waals surface area contributed by atoms with Crippen LogP contribution < -0.4 is 10.3 Å². The van der Waals surface area contributed by atoms with E-state index < -0.39 is 0 Å². The number of hydrogen-bond acceptors (Lipinski definition) is 2. The average Bonchev–Trinajstić information content (AvgIpc) is 2.50. The number of hydrogen-bond donors (Lipinski definition) is 2. The van der Waals surface area contributed by atoms with E-state index in [0.717, 1.165) is 25.1 Å². The first-order valence-corrected chi connectivity index (χ1v) is 8.52. The smallest absolute Gasteiger partial charge is 0.295 e. The molecule has 4 nitrogen and oxygen atoms in total. The van der Waals surface area contributed by atoms with Crippen molar-refractivity contribution in [3.05, 3.63) is 35.4 Å². The van der Waals surface area contributed by atoms with Crippen LogP contribution >= 0.6 is 0 Å². The van der Waals surface area contributed by atoms with Crippen molar-refractivity contribution >= 4 is 12.1 Å². The SMILES string of the molecule is CCc1ccc(/C=N\NC(=O)C[NH+]2CCCCCCC2)cc1. The number of nitrogens with zero attached hydrogens (tertiary/aromatic N) is 1. The summed E-state index contributed by atoms with van der Waals surface area (Å²) in [5.41, 5.74) is 4.97. The molecular weight excluding hydrogens is 274 g/mol. The second-order valence-electron chi connectivity index (χ2n) is 6.08. The molecule has 2 rings (SSSR count). The maximum atomic E-state index is 12.0. The molecular formula is C18H28N3O+. The quantitative estimate of drug-likeness (QED) is 0.629. The van der Waals surface area contributed by atoms with E-state index in [4.69, 9.17) is 0 Å². The summed E-state index contributed by atoms with van der Waals surface area (Å²) in [6.07, 6.45) is 9.16. The minimum Gasteiger partial charge on any atom is -0.327 e. The van der Waals surface area contributed by atoms with Crippen molar-refractivity contribution in [2.24, 2.45) is 5.10 Å². The number of benzene rings is 1. The van der Waals surface area contributed by atoms with Gasteiger partial charge in [0, 0.05) is 0 Å². The van der Waals surface area contributed by atoms with Gasteiger partial charge in [-0.2, -0.15) is 5.10 Å². The molecule has 0 aromatic heterocycles. The molecule has 0 radical (unpaired) electrons. The van der Waals surface area contributed by atoms with Crippen LogP contribution in [-0.2, 0) is 11.2 Å². The number of hydrazone groups is 1. The topological polar surface area (TPSA) is 45.9 Å². The fourth-order valence-corrected chi connectivity index (χ4v) is 2.87. The van der Waals surface area contributed by atoms with Gasteiger partial charge >= 0.3 is 0 Å². The molecule has 0 spiro atoms. The Morgan fingerprint density at radius 3 is 2.41 bits per heavy atom.